The first-order chi connectivity index (χ1) is 11.7. The quantitative estimate of drug-likeness (QED) is 0.736. The molecular formula is C20H21N3O. The van der Waals surface area contributed by atoms with E-state index < -0.39 is 0 Å². The molecule has 4 nitrogen and oxygen atoms in total. The van der Waals surface area contributed by atoms with Crippen LogP contribution < -0.4 is 10.6 Å². The van der Waals surface area contributed by atoms with Crippen molar-refractivity contribution in [3.8, 4) is 11.3 Å². The lowest BCUT2D eigenvalue weighted by molar-refractivity contribution is 0.493. The minimum Gasteiger partial charge on any atom is -0.439 e. The normalized spacial score (nSPS) is 13.8. The van der Waals surface area contributed by atoms with Crippen molar-refractivity contribution in [2.45, 2.75) is 26.3 Å². The third-order valence-corrected chi connectivity index (χ3v) is 4.60. The van der Waals surface area contributed by atoms with E-state index in [9.17, 15) is 0 Å². The molecule has 0 bridgehead atoms. The van der Waals surface area contributed by atoms with Crippen molar-refractivity contribution >= 4 is 11.4 Å². The second kappa shape index (κ2) is 6.04. The number of anilines is 2. The summed E-state index contributed by atoms with van der Waals surface area (Å²) in [7, 11) is 0. The van der Waals surface area contributed by atoms with Crippen LogP contribution in [0.25, 0.3) is 11.3 Å². The van der Waals surface area contributed by atoms with Gasteiger partial charge in [-0.15, -0.1) is 0 Å². The van der Waals surface area contributed by atoms with Crippen LogP contribution in [0.1, 0.15) is 23.4 Å². The largest absolute Gasteiger partial charge is 0.439 e. The molecule has 0 fully saturated rings. The van der Waals surface area contributed by atoms with Gasteiger partial charge in [0.1, 0.15) is 0 Å². The zero-order valence-corrected chi connectivity index (χ0v) is 13.8. The number of benzene rings is 2. The molecule has 0 unspecified atom stereocenters. The summed E-state index contributed by atoms with van der Waals surface area (Å²) in [5.74, 6) is 1.55. The van der Waals surface area contributed by atoms with Gasteiger partial charge in [-0.3, -0.25) is 0 Å². The smallest absolute Gasteiger partial charge is 0.214 e. The number of nitrogens with zero attached hydrogens (tertiary/aromatic N) is 2. The molecule has 2 N–H and O–H groups in total. The minimum atomic E-state index is 0.669. The van der Waals surface area contributed by atoms with Crippen LogP contribution in [0.3, 0.4) is 0 Å². The second-order valence-corrected chi connectivity index (χ2v) is 6.35. The number of hydrogen-bond donors (Lipinski definition) is 1. The van der Waals surface area contributed by atoms with Crippen molar-refractivity contribution in [1.82, 2.24) is 4.98 Å². The summed E-state index contributed by atoms with van der Waals surface area (Å²) in [6, 6.07) is 14.4. The first-order valence-corrected chi connectivity index (χ1v) is 8.35. The zero-order valence-electron chi connectivity index (χ0n) is 13.8. The molecule has 0 amide bonds. The van der Waals surface area contributed by atoms with Crippen molar-refractivity contribution < 1.29 is 4.42 Å². The van der Waals surface area contributed by atoms with Gasteiger partial charge in [0.05, 0.1) is 12.7 Å². The predicted octanol–water partition coefficient (Wildman–Crippen LogP) is 4.19. The second-order valence-electron chi connectivity index (χ2n) is 6.35. The van der Waals surface area contributed by atoms with Crippen molar-refractivity contribution in [3.05, 3.63) is 65.7 Å². The van der Waals surface area contributed by atoms with Gasteiger partial charge in [-0.05, 0) is 37.5 Å². The van der Waals surface area contributed by atoms with Crippen LogP contribution in [0.4, 0.5) is 11.4 Å². The highest BCUT2D eigenvalue weighted by molar-refractivity contribution is 5.66. The van der Waals surface area contributed by atoms with Crippen LogP contribution in [0.15, 0.2) is 53.1 Å². The van der Waals surface area contributed by atoms with E-state index in [2.05, 4.69) is 47.1 Å². The van der Waals surface area contributed by atoms with Gasteiger partial charge in [0.25, 0.3) is 0 Å². The van der Waals surface area contributed by atoms with Gasteiger partial charge in [0.2, 0.25) is 5.89 Å². The molecule has 24 heavy (non-hydrogen) atoms. The standard InChI is InChI=1S/C20H21N3O/c1-14-7-9-15(10-8-14)19-12-22-20(24-19)13-23-11-3-4-16-17(21)5-2-6-18(16)23/h2,5-10,12H,3-4,11,13,21H2,1H3. The van der Waals surface area contributed by atoms with Gasteiger partial charge in [-0.25, -0.2) is 4.98 Å². The Bertz CT molecular complexity index is 852. The SMILES string of the molecule is Cc1ccc(-c2cnc(CN3CCCc4c(N)cccc43)o2)cc1. The van der Waals surface area contributed by atoms with E-state index in [1.54, 1.807) is 0 Å². The fraction of sp³-hybridized carbons (Fsp3) is 0.250. The van der Waals surface area contributed by atoms with E-state index in [1.807, 2.05) is 18.3 Å². The molecule has 1 aliphatic heterocycles. The molecule has 0 saturated heterocycles. The molecule has 1 aliphatic rings. The molecule has 0 atom stereocenters. The lowest BCUT2D eigenvalue weighted by Gasteiger charge is -2.30. The van der Waals surface area contributed by atoms with Crippen LogP contribution in [-0.2, 0) is 13.0 Å². The molecule has 3 aromatic rings. The average molecular weight is 319 g/mol. The van der Waals surface area contributed by atoms with Gasteiger partial charge >= 0.3 is 0 Å². The molecule has 0 aliphatic carbocycles. The van der Waals surface area contributed by atoms with Crippen LogP contribution in [0, 0.1) is 6.92 Å². The van der Waals surface area contributed by atoms with Crippen LogP contribution in [-0.4, -0.2) is 11.5 Å². The number of aryl methyl sites for hydroxylation is 1. The molecule has 2 heterocycles. The molecule has 0 saturated carbocycles. The highest BCUT2D eigenvalue weighted by Crippen LogP contribution is 2.32. The maximum atomic E-state index is 6.12. The topological polar surface area (TPSA) is 55.3 Å². The number of nitrogen functional groups attached to an aromatic ring is 1. The first kappa shape index (κ1) is 14.8. The van der Waals surface area contributed by atoms with Gasteiger partial charge in [0.15, 0.2) is 5.76 Å². The molecule has 4 heteroatoms. The van der Waals surface area contributed by atoms with E-state index >= 15 is 0 Å². The number of nitrogens with two attached hydrogens (primary N) is 1. The summed E-state index contributed by atoms with van der Waals surface area (Å²) in [5.41, 5.74) is 11.7. The van der Waals surface area contributed by atoms with E-state index in [0.717, 1.165) is 42.3 Å². The lowest BCUT2D eigenvalue weighted by atomic mass is 10.00. The van der Waals surface area contributed by atoms with Crippen molar-refractivity contribution in [3.63, 3.8) is 0 Å². The van der Waals surface area contributed by atoms with E-state index in [0.29, 0.717) is 6.54 Å². The Morgan fingerprint density at radius 2 is 2.00 bits per heavy atom. The van der Waals surface area contributed by atoms with Crippen molar-refractivity contribution in [1.29, 1.82) is 0 Å². The van der Waals surface area contributed by atoms with Gasteiger partial charge in [-0.1, -0.05) is 35.9 Å². The minimum absolute atomic E-state index is 0.669. The predicted molar refractivity (Wildman–Crippen MR) is 96.9 cm³/mol. The Labute approximate surface area is 141 Å². The average Bonchev–Trinajstić information content (AvgIpc) is 3.05. The first-order valence-electron chi connectivity index (χ1n) is 8.35. The summed E-state index contributed by atoms with van der Waals surface area (Å²) in [5, 5.41) is 0. The highest BCUT2D eigenvalue weighted by atomic mass is 16.4. The molecular weight excluding hydrogens is 298 g/mol. The monoisotopic (exact) mass is 319 g/mol. The van der Waals surface area contributed by atoms with E-state index in [1.165, 1.54) is 16.8 Å². The van der Waals surface area contributed by atoms with Crippen LogP contribution in [0.2, 0.25) is 0 Å². The highest BCUT2D eigenvalue weighted by Gasteiger charge is 2.20. The summed E-state index contributed by atoms with van der Waals surface area (Å²) in [6.45, 7) is 3.75. The molecule has 0 radical (unpaired) electrons. The number of oxazole rings is 1. The van der Waals surface area contributed by atoms with Gasteiger partial charge < -0.3 is 15.1 Å². The molecule has 0 spiro atoms. The Hall–Kier alpha value is -2.75. The van der Waals surface area contributed by atoms with Crippen LogP contribution >= 0.6 is 0 Å². The molecule has 4 rings (SSSR count). The zero-order chi connectivity index (χ0) is 16.5. The summed E-state index contributed by atoms with van der Waals surface area (Å²) >= 11 is 0. The summed E-state index contributed by atoms with van der Waals surface area (Å²) in [4.78, 5) is 6.77. The Balaban J connectivity index is 1.57. The fourth-order valence-electron chi connectivity index (χ4n) is 3.29. The van der Waals surface area contributed by atoms with Gasteiger partial charge in [-0.2, -0.15) is 0 Å². The summed E-state index contributed by atoms with van der Waals surface area (Å²) < 4.78 is 5.97. The maximum absolute atomic E-state index is 6.12. The number of aromatic nitrogens is 1. The van der Waals surface area contributed by atoms with Gasteiger partial charge in [0, 0.05) is 23.5 Å². The Morgan fingerprint density at radius 3 is 2.83 bits per heavy atom. The molecule has 122 valence electrons. The van der Waals surface area contributed by atoms with Crippen molar-refractivity contribution in [2.75, 3.05) is 17.2 Å². The number of hydrogen-bond acceptors (Lipinski definition) is 4. The Morgan fingerprint density at radius 1 is 1.17 bits per heavy atom. The van der Waals surface area contributed by atoms with Crippen molar-refractivity contribution in [2.24, 2.45) is 0 Å². The molecule has 1 aromatic heterocycles. The lowest BCUT2D eigenvalue weighted by Crippen LogP contribution is -2.29. The molecule has 2 aromatic carbocycles. The van der Waals surface area contributed by atoms with Crippen LogP contribution in [0.5, 0.6) is 0 Å². The fourth-order valence-corrected chi connectivity index (χ4v) is 3.29. The Kier molecular flexibility index (Phi) is 3.73. The maximum Gasteiger partial charge on any atom is 0.214 e. The number of rotatable bonds is 3. The third kappa shape index (κ3) is 2.75. The van der Waals surface area contributed by atoms with E-state index in [-0.39, 0.29) is 0 Å². The third-order valence-electron chi connectivity index (χ3n) is 4.60. The van der Waals surface area contributed by atoms with E-state index in [4.69, 9.17) is 10.2 Å². The number of fused-ring (bicyclic) bond motifs is 1. The summed E-state index contributed by atoms with van der Waals surface area (Å²) in [6.07, 6.45) is 3.95.